The van der Waals surface area contributed by atoms with Crippen molar-refractivity contribution in [2.75, 3.05) is 10.6 Å². The predicted molar refractivity (Wildman–Crippen MR) is 98.0 cm³/mol. The minimum absolute atomic E-state index is 0.193. The first-order valence-electron chi connectivity index (χ1n) is 8.26. The molecule has 2 amide bonds. The summed E-state index contributed by atoms with van der Waals surface area (Å²) in [6.07, 6.45) is 7.42. The van der Waals surface area contributed by atoms with Crippen molar-refractivity contribution >= 4 is 34.8 Å². The zero-order chi connectivity index (χ0) is 16.8. The second-order valence-electron chi connectivity index (χ2n) is 5.97. The number of carbonyl (C=O) groups is 1. The van der Waals surface area contributed by atoms with E-state index in [9.17, 15) is 4.79 Å². The van der Waals surface area contributed by atoms with Crippen molar-refractivity contribution in [3.05, 3.63) is 47.6 Å². The van der Waals surface area contributed by atoms with Crippen LogP contribution in [0.1, 0.15) is 32.1 Å². The van der Waals surface area contributed by atoms with Crippen LogP contribution in [-0.4, -0.2) is 17.1 Å². The summed E-state index contributed by atoms with van der Waals surface area (Å²) in [7, 11) is 0. The molecule has 1 aliphatic rings. The summed E-state index contributed by atoms with van der Waals surface area (Å²) in [5.41, 5.74) is 1.62. The summed E-state index contributed by atoms with van der Waals surface area (Å²) in [5, 5.41) is 9.62. The molecule has 3 rings (SSSR count). The van der Waals surface area contributed by atoms with Gasteiger partial charge in [0.25, 0.3) is 0 Å². The van der Waals surface area contributed by atoms with Crippen molar-refractivity contribution in [2.45, 2.75) is 38.1 Å². The number of hydrogen-bond acceptors (Lipinski definition) is 3. The number of benzene rings is 1. The highest BCUT2D eigenvalue weighted by atomic mass is 35.5. The molecule has 0 saturated heterocycles. The quantitative estimate of drug-likeness (QED) is 0.736. The van der Waals surface area contributed by atoms with Gasteiger partial charge < -0.3 is 10.6 Å². The number of amides is 2. The summed E-state index contributed by atoms with van der Waals surface area (Å²) < 4.78 is 0. The molecule has 1 aliphatic carbocycles. The fraction of sp³-hybridized carbons (Fsp3) is 0.333. The second-order valence-corrected chi connectivity index (χ2v) is 6.38. The molecule has 0 bridgehead atoms. The van der Waals surface area contributed by atoms with Crippen LogP contribution >= 0.6 is 11.6 Å². The molecular formula is C18H21ClN4O. The molecule has 1 saturated carbocycles. The largest absolute Gasteiger partial charge is 0.353 e. The molecule has 2 aromatic rings. The molecule has 0 radical (unpaired) electrons. The summed E-state index contributed by atoms with van der Waals surface area (Å²) in [6, 6.07) is 11.2. The molecule has 126 valence electrons. The molecule has 0 aliphatic heterocycles. The topological polar surface area (TPSA) is 66.0 Å². The summed E-state index contributed by atoms with van der Waals surface area (Å²) in [6.45, 7) is 0. The van der Waals surface area contributed by atoms with Crippen LogP contribution < -0.4 is 16.0 Å². The third-order valence-corrected chi connectivity index (χ3v) is 4.43. The zero-order valence-electron chi connectivity index (χ0n) is 13.4. The fourth-order valence-electron chi connectivity index (χ4n) is 2.84. The van der Waals surface area contributed by atoms with Crippen molar-refractivity contribution in [3.63, 3.8) is 0 Å². The van der Waals surface area contributed by atoms with E-state index in [2.05, 4.69) is 20.9 Å². The lowest BCUT2D eigenvalue weighted by Crippen LogP contribution is -2.39. The van der Waals surface area contributed by atoms with E-state index < -0.39 is 0 Å². The molecule has 1 fully saturated rings. The number of urea groups is 1. The first kappa shape index (κ1) is 16.6. The molecular weight excluding hydrogens is 324 g/mol. The van der Waals surface area contributed by atoms with E-state index in [0.29, 0.717) is 10.8 Å². The minimum Gasteiger partial charge on any atom is -0.353 e. The number of aromatic nitrogens is 1. The van der Waals surface area contributed by atoms with Crippen molar-refractivity contribution < 1.29 is 4.79 Å². The molecule has 1 aromatic carbocycles. The normalized spacial score (nSPS) is 14.9. The Labute approximate surface area is 146 Å². The van der Waals surface area contributed by atoms with E-state index in [4.69, 9.17) is 11.6 Å². The summed E-state index contributed by atoms with van der Waals surface area (Å²) in [4.78, 5) is 16.3. The highest BCUT2D eigenvalue weighted by molar-refractivity contribution is 6.33. The van der Waals surface area contributed by atoms with E-state index in [1.807, 2.05) is 30.3 Å². The van der Waals surface area contributed by atoms with Gasteiger partial charge in [-0.1, -0.05) is 43.0 Å². The van der Waals surface area contributed by atoms with E-state index >= 15 is 0 Å². The Kier molecular flexibility index (Phi) is 5.54. The van der Waals surface area contributed by atoms with Gasteiger partial charge in [0.2, 0.25) is 0 Å². The van der Waals surface area contributed by atoms with Crippen molar-refractivity contribution in [2.24, 2.45) is 0 Å². The highest BCUT2D eigenvalue weighted by Crippen LogP contribution is 2.24. The van der Waals surface area contributed by atoms with Crippen LogP contribution in [0.15, 0.2) is 42.6 Å². The van der Waals surface area contributed by atoms with Gasteiger partial charge in [-0.2, -0.15) is 0 Å². The molecule has 6 heteroatoms. The van der Waals surface area contributed by atoms with Crippen LogP contribution in [0, 0.1) is 0 Å². The Morgan fingerprint density at radius 3 is 2.58 bits per heavy atom. The van der Waals surface area contributed by atoms with Crippen LogP contribution in [0.2, 0.25) is 5.02 Å². The van der Waals surface area contributed by atoms with Gasteiger partial charge in [0, 0.05) is 6.04 Å². The number of pyridine rings is 1. The first-order chi connectivity index (χ1) is 11.7. The Bertz CT molecular complexity index is 684. The van der Waals surface area contributed by atoms with Crippen LogP contribution in [-0.2, 0) is 0 Å². The molecule has 0 unspecified atom stereocenters. The third-order valence-electron chi connectivity index (χ3n) is 4.10. The molecule has 0 atom stereocenters. The van der Waals surface area contributed by atoms with Crippen molar-refractivity contribution in [3.8, 4) is 0 Å². The smallest absolute Gasteiger partial charge is 0.320 e. The number of anilines is 3. The van der Waals surface area contributed by atoms with Crippen LogP contribution in [0.25, 0.3) is 0 Å². The third kappa shape index (κ3) is 4.61. The minimum atomic E-state index is -0.193. The fourth-order valence-corrected chi connectivity index (χ4v) is 3.03. The molecule has 1 heterocycles. The number of rotatable bonds is 4. The lowest BCUT2D eigenvalue weighted by Gasteiger charge is -2.22. The van der Waals surface area contributed by atoms with E-state index in [1.165, 1.54) is 19.3 Å². The van der Waals surface area contributed by atoms with E-state index in [-0.39, 0.29) is 12.1 Å². The Balaban J connectivity index is 1.54. The molecule has 5 nitrogen and oxygen atoms in total. The van der Waals surface area contributed by atoms with Crippen LogP contribution in [0.4, 0.5) is 22.0 Å². The molecule has 24 heavy (non-hydrogen) atoms. The van der Waals surface area contributed by atoms with Crippen LogP contribution in [0.5, 0.6) is 0 Å². The maximum absolute atomic E-state index is 12.0. The maximum atomic E-state index is 12.0. The molecule has 1 aromatic heterocycles. The predicted octanol–water partition coefficient (Wildman–Crippen LogP) is 4.93. The van der Waals surface area contributed by atoms with Crippen LogP contribution in [0.3, 0.4) is 0 Å². The standard InChI is InChI=1S/C18H21ClN4O/c19-15-8-4-5-9-16(15)21-14-10-11-17(20-12-14)23-18(24)22-13-6-2-1-3-7-13/h4-5,8-13,21H,1-3,6-7H2,(H2,20,22,23,24). The first-order valence-corrected chi connectivity index (χ1v) is 8.63. The lowest BCUT2D eigenvalue weighted by molar-refractivity contribution is 0.244. The van der Waals surface area contributed by atoms with Gasteiger partial charge in [0.1, 0.15) is 5.82 Å². The Morgan fingerprint density at radius 2 is 1.88 bits per heavy atom. The molecule has 0 spiro atoms. The number of halogens is 1. The van der Waals surface area contributed by atoms with Gasteiger partial charge in [0.05, 0.1) is 22.6 Å². The number of para-hydroxylation sites is 1. The van der Waals surface area contributed by atoms with Gasteiger partial charge >= 0.3 is 6.03 Å². The van der Waals surface area contributed by atoms with Gasteiger partial charge in [-0.05, 0) is 37.1 Å². The van der Waals surface area contributed by atoms with Gasteiger partial charge in [-0.15, -0.1) is 0 Å². The summed E-state index contributed by atoms with van der Waals surface area (Å²) >= 11 is 6.12. The SMILES string of the molecule is O=C(Nc1ccc(Nc2ccccc2Cl)cn1)NC1CCCCC1. The number of hydrogen-bond donors (Lipinski definition) is 3. The Hall–Kier alpha value is -2.27. The number of nitrogens with zero attached hydrogens (tertiary/aromatic N) is 1. The lowest BCUT2D eigenvalue weighted by atomic mass is 9.96. The van der Waals surface area contributed by atoms with E-state index in [0.717, 1.165) is 24.2 Å². The zero-order valence-corrected chi connectivity index (χ0v) is 14.1. The van der Waals surface area contributed by atoms with E-state index in [1.54, 1.807) is 12.3 Å². The van der Waals surface area contributed by atoms with Gasteiger partial charge in [0.15, 0.2) is 0 Å². The number of nitrogens with one attached hydrogen (secondary N) is 3. The van der Waals surface area contributed by atoms with Gasteiger partial charge in [-0.25, -0.2) is 9.78 Å². The highest BCUT2D eigenvalue weighted by Gasteiger charge is 2.15. The monoisotopic (exact) mass is 344 g/mol. The Morgan fingerprint density at radius 1 is 1.08 bits per heavy atom. The average Bonchev–Trinajstić information content (AvgIpc) is 2.59. The van der Waals surface area contributed by atoms with Crippen molar-refractivity contribution in [1.29, 1.82) is 0 Å². The maximum Gasteiger partial charge on any atom is 0.320 e. The average molecular weight is 345 g/mol. The second kappa shape index (κ2) is 8.02. The summed E-state index contributed by atoms with van der Waals surface area (Å²) in [5.74, 6) is 0.521. The molecule has 3 N–H and O–H groups in total. The number of carbonyl (C=O) groups excluding carboxylic acids is 1. The van der Waals surface area contributed by atoms with Crippen molar-refractivity contribution in [1.82, 2.24) is 10.3 Å². The van der Waals surface area contributed by atoms with Gasteiger partial charge in [-0.3, -0.25) is 5.32 Å².